The number of nitrogens with one attached hydrogen (secondary N) is 1. The molecule has 62 valence electrons. The lowest BCUT2D eigenvalue weighted by atomic mass is 10.2. The van der Waals surface area contributed by atoms with Crippen LogP contribution in [0.1, 0.15) is 13.3 Å². The van der Waals surface area contributed by atoms with Gasteiger partial charge in [-0.1, -0.05) is 35.5 Å². The van der Waals surface area contributed by atoms with Crippen molar-refractivity contribution in [3.63, 3.8) is 0 Å². The van der Waals surface area contributed by atoms with Crippen LogP contribution in [0.4, 0.5) is 0 Å². The van der Waals surface area contributed by atoms with Gasteiger partial charge >= 0.3 is 0 Å². The monoisotopic (exact) mass is 215 g/mol. The predicted molar refractivity (Wildman–Crippen MR) is 54.6 cm³/mol. The van der Waals surface area contributed by atoms with Crippen molar-refractivity contribution in [3.8, 4) is 0 Å². The highest BCUT2D eigenvalue weighted by Gasteiger charge is 1.95. The van der Waals surface area contributed by atoms with Gasteiger partial charge in [0.2, 0.25) is 0 Å². The molecule has 0 fully saturated rings. The maximum atomic E-state index is 3.62. The highest BCUT2D eigenvalue weighted by atomic mass is 79.9. The van der Waals surface area contributed by atoms with E-state index in [1.165, 1.54) is 5.57 Å². The SMILES string of the molecule is C=C/C=C(Br)\C(=C\NC)CC. The molecule has 0 rings (SSSR count). The molecule has 0 radical (unpaired) electrons. The van der Waals surface area contributed by atoms with E-state index >= 15 is 0 Å². The molecule has 0 spiro atoms. The molecule has 0 aliphatic heterocycles. The molecule has 1 nitrogen and oxygen atoms in total. The Hall–Kier alpha value is -0.500. The third-order valence-corrected chi connectivity index (χ3v) is 2.04. The van der Waals surface area contributed by atoms with Crippen molar-refractivity contribution in [3.05, 3.63) is 35.0 Å². The third-order valence-electron chi connectivity index (χ3n) is 1.27. The van der Waals surface area contributed by atoms with Gasteiger partial charge in [-0.25, -0.2) is 0 Å². The van der Waals surface area contributed by atoms with Crippen LogP contribution in [-0.2, 0) is 0 Å². The number of hydrogen-bond acceptors (Lipinski definition) is 1. The maximum absolute atomic E-state index is 3.62. The van der Waals surface area contributed by atoms with E-state index in [4.69, 9.17) is 0 Å². The molecule has 0 aromatic heterocycles. The molecule has 0 saturated carbocycles. The smallest absolute Gasteiger partial charge is 0.0221 e. The first-order valence-corrected chi connectivity index (χ1v) is 4.40. The Kier molecular flexibility index (Phi) is 5.94. The van der Waals surface area contributed by atoms with Crippen LogP contribution in [0, 0.1) is 0 Å². The minimum atomic E-state index is 1.01. The lowest BCUT2D eigenvalue weighted by Crippen LogP contribution is -1.95. The first-order valence-electron chi connectivity index (χ1n) is 3.61. The van der Waals surface area contributed by atoms with Gasteiger partial charge in [-0.15, -0.1) is 0 Å². The molecule has 0 amide bonds. The van der Waals surface area contributed by atoms with E-state index in [1.54, 1.807) is 6.08 Å². The molecule has 0 saturated heterocycles. The summed E-state index contributed by atoms with van der Waals surface area (Å²) < 4.78 is 1.09. The zero-order chi connectivity index (χ0) is 8.69. The van der Waals surface area contributed by atoms with Crippen LogP contribution in [0.2, 0.25) is 0 Å². The number of rotatable bonds is 4. The Morgan fingerprint density at radius 1 is 1.64 bits per heavy atom. The van der Waals surface area contributed by atoms with E-state index in [-0.39, 0.29) is 0 Å². The molecule has 2 heteroatoms. The topological polar surface area (TPSA) is 12.0 Å². The standard InChI is InChI=1S/C9H14BrN/c1-4-6-9(10)8(5-2)7-11-3/h4,6-7,11H,1,5H2,2-3H3/b8-7+,9-6+. The van der Waals surface area contributed by atoms with Crippen LogP contribution in [0.15, 0.2) is 35.0 Å². The Balaban J connectivity index is 4.37. The summed E-state index contributed by atoms with van der Waals surface area (Å²) in [6, 6.07) is 0. The lowest BCUT2D eigenvalue weighted by molar-refractivity contribution is 1.04. The highest BCUT2D eigenvalue weighted by Crippen LogP contribution is 2.19. The quantitative estimate of drug-likeness (QED) is 0.712. The minimum absolute atomic E-state index is 1.01. The summed E-state index contributed by atoms with van der Waals surface area (Å²) in [6.45, 7) is 5.74. The number of allylic oxidation sites excluding steroid dienone is 4. The van der Waals surface area contributed by atoms with Gasteiger partial charge in [0.15, 0.2) is 0 Å². The van der Waals surface area contributed by atoms with E-state index in [2.05, 4.69) is 34.7 Å². The zero-order valence-corrected chi connectivity index (χ0v) is 8.61. The fraction of sp³-hybridized carbons (Fsp3) is 0.333. The minimum Gasteiger partial charge on any atom is -0.394 e. The molecule has 0 unspecified atom stereocenters. The Morgan fingerprint density at radius 2 is 2.27 bits per heavy atom. The van der Waals surface area contributed by atoms with Crippen molar-refractivity contribution < 1.29 is 0 Å². The normalized spacial score (nSPS) is 13.0. The summed E-state index contributed by atoms with van der Waals surface area (Å²) in [5.41, 5.74) is 1.24. The van der Waals surface area contributed by atoms with E-state index in [0.717, 1.165) is 10.9 Å². The van der Waals surface area contributed by atoms with Gasteiger partial charge in [0.1, 0.15) is 0 Å². The average Bonchev–Trinajstić information content (AvgIpc) is 2.00. The molecule has 0 aliphatic carbocycles. The summed E-state index contributed by atoms with van der Waals surface area (Å²) >= 11 is 3.45. The van der Waals surface area contributed by atoms with Crippen LogP contribution in [0.3, 0.4) is 0 Å². The zero-order valence-electron chi connectivity index (χ0n) is 7.02. The summed E-state index contributed by atoms with van der Waals surface area (Å²) in [5.74, 6) is 0. The summed E-state index contributed by atoms with van der Waals surface area (Å²) in [4.78, 5) is 0. The van der Waals surface area contributed by atoms with Crippen molar-refractivity contribution >= 4 is 15.9 Å². The molecule has 0 aromatic rings. The van der Waals surface area contributed by atoms with Gasteiger partial charge in [-0.05, 0) is 18.1 Å². The first-order chi connectivity index (χ1) is 5.26. The number of hydrogen-bond donors (Lipinski definition) is 1. The molecule has 0 aliphatic rings. The van der Waals surface area contributed by atoms with Crippen molar-refractivity contribution in [2.75, 3.05) is 7.05 Å². The van der Waals surface area contributed by atoms with Crippen molar-refractivity contribution in [1.82, 2.24) is 5.32 Å². The molecule has 0 aromatic carbocycles. The largest absolute Gasteiger partial charge is 0.394 e. The van der Waals surface area contributed by atoms with Crippen LogP contribution >= 0.6 is 15.9 Å². The van der Waals surface area contributed by atoms with Crippen LogP contribution in [0.25, 0.3) is 0 Å². The molecule has 0 bridgehead atoms. The summed E-state index contributed by atoms with van der Waals surface area (Å²) in [5, 5.41) is 2.99. The van der Waals surface area contributed by atoms with Gasteiger partial charge < -0.3 is 5.32 Å². The van der Waals surface area contributed by atoms with Crippen molar-refractivity contribution in [1.29, 1.82) is 0 Å². The Bertz CT molecular complexity index is 180. The summed E-state index contributed by atoms with van der Waals surface area (Å²) in [7, 11) is 1.89. The predicted octanol–water partition coefficient (Wildman–Crippen LogP) is 2.96. The Morgan fingerprint density at radius 3 is 2.64 bits per heavy atom. The number of halogens is 1. The van der Waals surface area contributed by atoms with Gasteiger partial charge in [0.05, 0.1) is 0 Å². The average molecular weight is 216 g/mol. The molecular weight excluding hydrogens is 202 g/mol. The van der Waals surface area contributed by atoms with E-state index in [9.17, 15) is 0 Å². The molecule has 0 heterocycles. The summed E-state index contributed by atoms with van der Waals surface area (Å²) in [6.07, 6.45) is 6.69. The van der Waals surface area contributed by atoms with Crippen LogP contribution in [0.5, 0.6) is 0 Å². The van der Waals surface area contributed by atoms with Crippen molar-refractivity contribution in [2.24, 2.45) is 0 Å². The maximum Gasteiger partial charge on any atom is 0.0221 e. The first kappa shape index (κ1) is 10.5. The molecular formula is C9H14BrN. The fourth-order valence-electron chi connectivity index (χ4n) is 0.725. The fourth-order valence-corrected chi connectivity index (χ4v) is 1.31. The van der Waals surface area contributed by atoms with Gasteiger partial charge in [0.25, 0.3) is 0 Å². The van der Waals surface area contributed by atoms with Gasteiger partial charge in [-0.2, -0.15) is 0 Å². The van der Waals surface area contributed by atoms with E-state index in [1.807, 2.05) is 19.3 Å². The molecule has 1 N–H and O–H groups in total. The third kappa shape index (κ3) is 4.04. The van der Waals surface area contributed by atoms with Crippen LogP contribution < -0.4 is 5.32 Å². The van der Waals surface area contributed by atoms with Gasteiger partial charge in [0, 0.05) is 17.7 Å². The second-order valence-electron chi connectivity index (χ2n) is 2.06. The molecule has 11 heavy (non-hydrogen) atoms. The van der Waals surface area contributed by atoms with Gasteiger partial charge in [-0.3, -0.25) is 0 Å². The molecule has 0 atom stereocenters. The van der Waals surface area contributed by atoms with E-state index < -0.39 is 0 Å². The van der Waals surface area contributed by atoms with E-state index in [0.29, 0.717) is 0 Å². The second kappa shape index (κ2) is 6.23. The Labute approximate surface area is 77.0 Å². The lowest BCUT2D eigenvalue weighted by Gasteiger charge is -2.01. The van der Waals surface area contributed by atoms with Crippen molar-refractivity contribution in [2.45, 2.75) is 13.3 Å². The highest BCUT2D eigenvalue weighted by molar-refractivity contribution is 9.12. The second-order valence-corrected chi connectivity index (χ2v) is 2.92. The van der Waals surface area contributed by atoms with Crippen LogP contribution in [-0.4, -0.2) is 7.05 Å².